The van der Waals surface area contributed by atoms with Crippen molar-refractivity contribution in [3.8, 4) is 0 Å². The van der Waals surface area contributed by atoms with E-state index in [1.165, 1.54) is 0 Å². The summed E-state index contributed by atoms with van der Waals surface area (Å²) in [5, 5.41) is 9.67. The minimum Gasteiger partial charge on any atom is -0.395 e. The molecule has 6 heteroatoms. The van der Waals surface area contributed by atoms with Gasteiger partial charge in [-0.1, -0.05) is 6.07 Å². The van der Waals surface area contributed by atoms with Crippen LogP contribution in [-0.4, -0.2) is 21.1 Å². The van der Waals surface area contributed by atoms with E-state index in [0.29, 0.717) is 18.2 Å². The van der Waals surface area contributed by atoms with E-state index in [0.717, 1.165) is 24.1 Å². The lowest BCUT2D eigenvalue weighted by atomic mass is 10.2. The standard InChI is InChI=1S/C13H15N5O/c14-10-11(9-3-4-9)17-18-12(10)13(19)16-7-8-2-1-5-15-6-8/h1-2,5-6,9H,3-4,7,14H2,(H,16,19)(H,17,18). The van der Waals surface area contributed by atoms with Gasteiger partial charge in [0.25, 0.3) is 5.91 Å². The molecule has 1 saturated carbocycles. The molecular formula is C13H15N5O. The number of nitrogen functional groups attached to an aromatic ring is 1. The van der Waals surface area contributed by atoms with Crippen molar-refractivity contribution < 1.29 is 4.79 Å². The average Bonchev–Trinajstić information content (AvgIpc) is 3.20. The SMILES string of the molecule is Nc1c(C(=O)NCc2cccnc2)n[nH]c1C1CC1. The molecule has 0 aliphatic heterocycles. The third-order valence-electron chi connectivity index (χ3n) is 3.21. The topological polar surface area (TPSA) is 96.7 Å². The Morgan fingerprint density at radius 1 is 1.53 bits per heavy atom. The van der Waals surface area contributed by atoms with Crippen LogP contribution in [0.3, 0.4) is 0 Å². The summed E-state index contributed by atoms with van der Waals surface area (Å²) in [6.07, 6.45) is 5.63. The molecule has 6 nitrogen and oxygen atoms in total. The van der Waals surface area contributed by atoms with Gasteiger partial charge in [-0.05, 0) is 24.5 Å². The first-order chi connectivity index (χ1) is 9.25. The van der Waals surface area contributed by atoms with Gasteiger partial charge in [0, 0.05) is 24.9 Å². The normalized spacial score (nSPS) is 14.3. The predicted molar refractivity (Wildman–Crippen MR) is 70.4 cm³/mol. The Kier molecular flexibility index (Phi) is 2.91. The number of nitrogens with two attached hydrogens (primary N) is 1. The fourth-order valence-electron chi connectivity index (χ4n) is 1.99. The van der Waals surface area contributed by atoms with E-state index in [1.54, 1.807) is 12.4 Å². The summed E-state index contributed by atoms with van der Waals surface area (Å²) < 4.78 is 0. The van der Waals surface area contributed by atoms with Gasteiger partial charge in [0.15, 0.2) is 5.69 Å². The van der Waals surface area contributed by atoms with Crippen molar-refractivity contribution in [3.63, 3.8) is 0 Å². The number of rotatable bonds is 4. The summed E-state index contributed by atoms with van der Waals surface area (Å²) in [5.41, 5.74) is 8.54. The molecule has 98 valence electrons. The van der Waals surface area contributed by atoms with Crippen molar-refractivity contribution in [2.75, 3.05) is 5.73 Å². The molecule has 0 unspecified atom stereocenters. The maximum atomic E-state index is 12.0. The molecule has 0 saturated heterocycles. The maximum absolute atomic E-state index is 12.0. The van der Waals surface area contributed by atoms with E-state index in [2.05, 4.69) is 20.5 Å². The Morgan fingerprint density at radius 2 is 2.37 bits per heavy atom. The van der Waals surface area contributed by atoms with Gasteiger partial charge in [-0.15, -0.1) is 0 Å². The predicted octanol–water partition coefficient (Wildman–Crippen LogP) is 1.19. The molecule has 0 aromatic carbocycles. The minimum atomic E-state index is -0.260. The van der Waals surface area contributed by atoms with E-state index >= 15 is 0 Å². The molecule has 0 bridgehead atoms. The van der Waals surface area contributed by atoms with Crippen molar-refractivity contribution >= 4 is 11.6 Å². The average molecular weight is 257 g/mol. The second-order valence-electron chi connectivity index (χ2n) is 4.72. The highest BCUT2D eigenvalue weighted by atomic mass is 16.1. The zero-order valence-corrected chi connectivity index (χ0v) is 10.4. The van der Waals surface area contributed by atoms with Crippen molar-refractivity contribution in [3.05, 3.63) is 41.5 Å². The second kappa shape index (κ2) is 4.72. The van der Waals surface area contributed by atoms with E-state index in [-0.39, 0.29) is 11.6 Å². The van der Waals surface area contributed by atoms with E-state index in [1.807, 2.05) is 12.1 Å². The quantitative estimate of drug-likeness (QED) is 0.766. The molecule has 2 aromatic heterocycles. The summed E-state index contributed by atoms with van der Waals surface area (Å²) in [7, 11) is 0. The lowest BCUT2D eigenvalue weighted by Gasteiger charge is -2.03. The van der Waals surface area contributed by atoms with Crippen LogP contribution in [0.25, 0.3) is 0 Å². The Labute approximate surface area is 110 Å². The van der Waals surface area contributed by atoms with Crippen LogP contribution in [-0.2, 0) is 6.54 Å². The number of hydrogen-bond donors (Lipinski definition) is 3. The van der Waals surface area contributed by atoms with Gasteiger partial charge in [0.1, 0.15) is 0 Å². The number of anilines is 1. The smallest absolute Gasteiger partial charge is 0.274 e. The van der Waals surface area contributed by atoms with Gasteiger partial charge in [-0.25, -0.2) is 0 Å². The van der Waals surface area contributed by atoms with E-state index < -0.39 is 0 Å². The van der Waals surface area contributed by atoms with E-state index in [4.69, 9.17) is 5.73 Å². The summed E-state index contributed by atoms with van der Waals surface area (Å²) >= 11 is 0. The van der Waals surface area contributed by atoms with Crippen molar-refractivity contribution in [1.29, 1.82) is 0 Å². The van der Waals surface area contributed by atoms with Gasteiger partial charge in [0.2, 0.25) is 0 Å². The molecule has 2 heterocycles. The number of pyridine rings is 1. The monoisotopic (exact) mass is 257 g/mol. The highest BCUT2D eigenvalue weighted by Crippen LogP contribution is 2.42. The molecule has 0 atom stereocenters. The first kappa shape index (κ1) is 11.7. The molecule has 2 aromatic rings. The molecule has 1 aliphatic carbocycles. The largest absolute Gasteiger partial charge is 0.395 e. The fraction of sp³-hybridized carbons (Fsp3) is 0.308. The Hall–Kier alpha value is -2.37. The number of aromatic amines is 1. The molecule has 1 fully saturated rings. The number of H-pyrrole nitrogens is 1. The number of carbonyl (C=O) groups is 1. The third-order valence-corrected chi connectivity index (χ3v) is 3.21. The third kappa shape index (κ3) is 2.42. The first-order valence-electron chi connectivity index (χ1n) is 6.26. The number of carbonyl (C=O) groups excluding carboxylic acids is 1. The van der Waals surface area contributed by atoms with Gasteiger partial charge < -0.3 is 11.1 Å². The van der Waals surface area contributed by atoms with Crippen LogP contribution >= 0.6 is 0 Å². The van der Waals surface area contributed by atoms with Crippen LogP contribution in [0, 0.1) is 0 Å². The Balaban J connectivity index is 1.67. The van der Waals surface area contributed by atoms with Crippen molar-refractivity contribution in [2.24, 2.45) is 0 Å². The zero-order valence-electron chi connectivity index (χ0n) is 10.4. The second-order valence-corrected chi connectivity index (χ2v) is 4.72. The van der Waals surface area contributed by atoms with Crippen LogP contribution < -0.4 is 11.1 Å². The summed E-state index contributed by atoms with van der Waals surface area (Å²) in [5.74, 6) is 0.192. The first-order valence-corrected chi connectivity index (χ1v) is 6.26. The molecule has 4 N–H and O–H groups in total. The van der Waals surface area contributed by atoms with Crippen LogP contribution in [0.5, 0.6) is 0 Å². The molecule has 1 aliphatic rings. The number of aromatic nitrogens is 3. The van der Waals surface area contributed by atoms with Gasteiger partial charge in [0.05, 0.1) is 11.4 Å². The Morgan fingerprint density at radius 3 is 3.05 bits per heavy atom. The molecular weight excluding hydrogens is 242 g/mol. The lowest BCUT2D eigenvalue weighted by molar-refractivity contribution is 0.0947. The maximum Gasteiger partial charge on any atom is 0.274 e. The number of hydrogen-bond acceptors (Lipinski definition) is 4. The lowest BCUT2D eigenvalue weighted by Crippen LogP contribution is -2.24. The summed E-state index contributed by atoms with van der Waals surface area (Å²) in [4.78, 5) is 16.0. The van der Waals surface area contributed by atoms with Gasteiger partial charge >= 0.3 is 0 Å². The van der Waals surface area contributed by atoms with Crippen LogP contribution in [0.15, 0.2) is 24.5 Å². The van der Waals surface area contributed by atoms with Crippen LogP contribution in [0.4, 0.5) is 5.69 Å². The fourth-order valence-corrected chi connectivity index (χ4v) is 1.99. The molecule has 0 spiro atoms. The van der Waals surface area contributed by atoms with Crippen LogP contribution in [0.1, 0.15) is 40.5 Å². The highest BCUT2D eigenvalue weighted by molar-refractivity contribution is 5.97. The van der Waals surface area contributed by atoms with Crippen molar-refractivity contribution in [1.82, 2.24) is 20.5 Å². The number of amides is 1. The number of nitrogens with zero attached hydrogens (tertiary/aromatic N) is 2. The Bertz CT molecular complexity index is 588. The number of nitrogens with one attached hydrogen (secondary N) is 2. The molecule has 1 amide bonds. The van der Waals surface area contributed by atoms with Crippen LogP contribution in [0.2, 0.25) is 0 Å². The minimum absolute atomic E-state index is 0.260. The zero-order chi connectivity index (χ0) is 13.2. The van der Waals surface area contributed by atoms with Gasteiger partial charge in [-0.3, -0.25) is 14.9 Å². The summed E-state index contributed by atoms with van der Waals surface area (Å²) in [6, 6.07) is 3.73. The van der Waals surface area contributed by atoms with Crippen molar-refractivity contribution in [2.45, 2.75) is 25.3 Å². The van der Waals surface area contributed by atoms with E-state index in [9.17, 15) is 4.79 Å². The highest BCUT2D eigenvalue weighted by Gasteiger charge is 2.30. The molecule has 3 rings (SSSR count). The molecule has 0 radical (unpaired) electrons. The van der Waals surface area contributed by atoms with Gasteiger partial charge in [-0.2, -0.15) is 5.10 Å². The molecule has 19 heavy (non-hydrogen) atoms. The summed E-state index contributed by atoms with van der Waals surface area (Å²) in [6.45, 7) is 0.414.